The quantitative estimate of drug-likeness (QED) is 0.759. The highest BCUT2D eigenvalue weighted by atomic mass is 16.5. The van der Waals surface area contributed by atoms with Gasteiger partial charge in [0.25, 0.3) is 5.91 Å². The molecule has 0 aliphatic rings. The van der Waals surface area contributed by atoms with Crippen LogP contribution in [0.1, 0.15) is 38.1 Å². The second kappa shape index (κ2) is 8.38. The van der Waals surface area contributed by atoms with Crippen molar-refractivity contribution in [3.8, 4) is 17.6 Å². The van der Waals surface area contributed by atoms with E-state index >= 15 is 0 Å². The van der Waals surface area contributed by atoms with Gasteiger partial charge in [0.15, 0.2) is 17.6 Å². The minimum Gasteiger partial charge on any atom is -0.493 e. The fourth-order valence-electron chi connectivity index (χ4n) is 1.90. The number of rotatable bonds is 7. The summed E-state index contributed by atoms with van der Waals surface area (Å²) >= 11 is 0. The first-order chi connectivity index (χ1) is 11.7. The molecule has 1 N–H and O–H groups in total. The maximum Gasteiger partial charge on any atom is 0.339 e. The number of carbonyl (C=O) groups excluding carboxylic acids is 2. The lowest BCUT2D eigenvalue weighted by Crippen LogP contribution is -2.52. The molecule has 0 saturated carbocycles. The fraction of sp³-hybridized carbons (Fsp3) is 0.500. The van der Waals surface area contributed by atoms with Crippen LogP contribution in [0.15, 0.2) is 18.2 Å². The van der Waals surface area contributed by atoms with Gasteiger partial charge >= 0.3 is 5.97 Å². The summed E-state index contributed by atoms with van der Waals surface area (Å²) in [5.74, 6) is -0.453. The van der Waals surface area contributed by atoms with E-state index < -0.39 is 23.5 Å². The van der Waals surface area contributed by atoms with Crippen LogP contribution in [0.25, 0.3) is 0 Å². The molecule has 1 rings (SSSR count). The Hall–Kier alpha value is -2.75. The second-order valence-electron chi connectivity index (χ2n) is 6.08. The molecule has 0 saturated heterocycles. The summed E-state index contributed by atoms with van der Waals surface area (Å²) in [5.41, 5.74) is -0.814. The summed E-state index contributed by atoms with van der Waals surface area (Å²) in [6.07, 6.45) is -1.05. The van der Waals surface area contributed by atoms with E-state index in [9.17, 15) is 14.9 Å². The third kappa shape index (κ3) is 4.86. The molecule has 136 valence electrons. The average Bonchev–Trinajstić information content (AvgIpc) is 2.60. The normalized spacial score (nSPS) is 14.0. The maximum absolute atomic E-state index is 12.2. The molecular formula is C18H24N2O5. The molecule has 0 aliphatic heterocycles. The van der Waals surface area contributed by atoms with Crippen molar-refractivity contribution in [2.24, 2.45) is 5.92 Å². The molecule has 0 aromatic heterocycles. The van der Waals surface area contributed by atoms with Gasteiger partial charge < -0.3 is 19.5 Å². The fourth-order valence-corrected chi connectivity index (χ4v) is 1.90. The molecule has 0 aliphatic carbocycles. The lowest BCUT2D eigenvalue weighted by Gasteiger charge is -2.28. The van der Waals surface area contributed by atoms with Crippen LogP contribution in [0.3, 0.4) is 0 Å². The van der Waals surface area contributed by atoms with Crippen molar-refractivity contribution in [2.45, 2.75) is 39.3 Å². The Morgan fingerprint density at radius 1 is 1.16 bits per heavy atom. The molecule has 1 aromatic rings. The Balaban J connectivity index is 2.83. The summed E-state index contributed by atoms with van der Waals surface area (Å²) in [5, 5.41) is 11.9. The van der Waals surface area contributed by atoms with E-state index in [0.717, 1.165) is 0 Å². The highest BCUT2D eigenvalue weighted by Crippen LogP contribution is 2.28. The van der Waals surface area contributed by atoms with Crippen molar-refractivity contribution in [3.05, 3.63) is 23.8 Å². The predicted molar refractivity (Wildman–Crippen MR) is 91.4 cm³/mol. The molecule has 7 heteroatoms. The van der Waals surface area contributed by atoms with Crippen molar-refractivity contribution in [1.82, 2.24) is 5.32 Å². The number of amides is 1. The number of methoxy groups -OCH3 is 2. The summed E-state index contributed by atoms with van der Waals surface area (Å²) < 4.78 is 15.4. The van der Waals surface area contributed by atoms with Gasteiger partial charge in [0.05, 0.1) is 25.9 Å². The molecule has 7 nitrogen and oxygen atoms in total. The van der Waals surface area contributed by atoms with Gasteiger partial charge in [0.2, 0.25) is 0 Å². The van der Waals surface area contributed by atoms with Crippen LogP contribution in [0.5, 0.6) is 11.5 Å². The van der Waals surface area contributed by atoms with Crippen molar-refractivity contribution in [1.29, 1.82) is 5.26 Å². The second-order valence-corrected chi connectivity index (χ2v) is 6.08. The summed E-state index contributed by atoms with van der Waals surface area (Å²) in [6, 6.07) is 6.64. The largest absolute Gasteiger partial charge is 0.493 e. The number of nitrogens with one attached hydrogen (secondary N) is 1. The lowest BCUT2D eigenvalue weighted by molar-refractivity contribution is -0.130. The number of carbonyl (C=O) groups is 2. The van der Waals surface area contributed by atoms with Gasteiger partial charge in [-0.3, -0.25) is 4.79 Å². The van der Waals surface area contributed by atoms with E-state index in [4.69, 9.17) is 14.2 Å². The number of benzene rings is 1. The van der Waals surface area contributed by atoms with E-state index in [2.05, 4.69) is 11.4 Å². The van der Waals surface area contributed by atoms with Crippen molar-refractivity contribution in [2.75, 3.05) is 14.2 Å². The van der Waals surface area contributed by atoms with Crippen LogP contribution in [-0.4, -0.2) is 37.7 Å². The SMILES string of the molecule is COc1ccc(C(=O)O[C@H](C)C(=O)N[C@](C)(C#N)C(C)C)cc1OC. The van der Waals surface area contributed by atoms with E-state index in [1.54, 1.807) is 13.0 Å². The molecule has 2 atom stereocenters. The molecule has 0 radical (unpaired) electrons. The number of nitrogens with zero attached hydrogens (tertiary/aromatic N) is 1. The first-order valence-electron chi connectivity index (χ1n) is 7.84. The molecule has 0 unspecified atom stereocenters. The van der Waals surface area contributed by atoms with Crippen LogP contribution in [-0.2, 0) is 9.53 Å². The molecule has 1 amide bonds. The Bertz CT molecular complexity index is 681. The number of hydrogen-bond acceptors (Lipinski definition) is 6. The van der Waals surface area contributed by atoms with Gasteiger partial charge in [-0.2, -0.15) is 5.26 Å². The lowest BCUT2D eigenvalue weighted by atomic mass is 9.90. The number of nitriles is 1. The minimum atomic E-state index is -1.05. The van der Waals surface area contributed by atoms with Crippen LogP contribution < -0.4 is 14.8 Å². The van der Waals surface area contributed by atoms with Gasteiger partial charge in [-0.15, -0.1) is 0 Å². The molecule has 0 spiro atoms. The van der Waals surface area contributed by atoms with Crippen molar-refractivity contribution >= 4 is 11.9 Å². The standard InChI is InChI=1S/C18H24N2O5/c1-11(2)18(4,10-19)20-16(21)12(3)25-17(22)13-7-8-14(23-5)15(9-13)24-6/h7-9,11-12H,1-6H3,(H,20,21)/t12-,18-/m1/s1. The Morgan fingerprint density at radius 3 is 2.24 bits per heavy atom. The predicted octanol–water partition coefficient (Wildman–Crippen LogP) is 2.30. The molecular weight excluding hydrogens is 324 g/mol. The zero-order chi connectivity index (χ0) is 19.2. The van der Waals surface area contributed by atoms with Crippen LogP contribution in [0.2, 0.25) is 0 Å². The first kappa shape index (κ1) is 20.3. The van der Waals surface area contributed by atoms with Crippen molar-refractivity contribution in [3.63, 3.8) is 0 Å². The van der Waals surface area contributed by atoms with Gasteiger partial charge in [-0.1, -0.05) is 13.8 Å². The highest BCUT2D eigenvalue weighted by molar-refractivity contribution is 5.93. The van der Waals surface area contributed by atoms with E-state index in [1.165, 1.54) is 33.3 Å². The molecule has 1 aromatic carbocycles. The molecule has 0 fully saturated rings. The summed E-state index contributed by atoms with van der Waals surface area (Å²) in [4.78, 5) is 24.5. The van der Waals surface area contributed by atoms with Gasteiger partial charge in [-0.05, 0) is 38.0 Å². The smallest absolute Gasteiger partial charge is 0.339 e. The summed E-state index contributed by atoms with van der Waals surface area (Å²) in [7, 11) is 2.95. The Kier molecular flexibility index (Phi) is 6.80. The molecule has 25 heavy (non-hydrogen) atoms. The minimum absolute atomic E-state index is 0.102. The third-order valence-electron chi connectivity index (χ3n) is 4.04. The van der Waals surface area contributed by atoms with Gasteiger partial charge in [0, 0.05) is 0 Å². The van der Waals surface area contributed by atoms with Gasteiger partial charge in [0.1, 0.15) is 5.54 Å². The number of esters is 1. The summed E-state index contributed by atoms with van der Waals surface area (Å²) in [6.45, 7) is 6.72. The Morgan fingerprint density at radius 2 is 1.76 bits per heavy atom. The zero-order valence-corrected chi connectivity index (χ0v) is 15.4. The van der Waals surface area contributed by atoms with E-state index in [0.29, 0.717) is 11.5 Å². The van der Waals surface area contributed by atoms with Gasteiger partial charge in [-0.25, -0.2) is 4.79 Å². The van der Waals surface area contributed by atoms with E-state index in [1.807, 2.05) is 13.8 Å². The zero-order valence-electron chi connectivity index (χ0n) is 15.4. The van der Waals surface area contributed by atoms with E-state index in [-0.39, 0.29) is 11.5 Å². The highest BCUT2D eigenvalue weighted by Gasteiger charge is 2.32. The molecule has 0 heterocycles. The number of ether oxygens (including phenoxy) is 3. The monoisotopic (exact) mass is 348 g/mol. The first-order valence-corrected chi connectivity index (χ1v) is 7.84. The topological polar surface area (TPSA) is 97.6 Å². The third-order valence-corrected chi connectivity index (χ3v) is 4.04. The average molecular weight is 348 g/mol. The van der Waals surface area contributed by atoms with Crippen LogP contribution in [0.4, 0.5) is 0 Å². The van der Waals surface area contributed by atoms with Crippen LogP contribution >= 0.6 is 0 Å². The molecule has 0 bridgehead atoms. The van der Waals surface area contributed by atoms with Crippen molar-refractivity contribution < 1.29 is 23.8 Å². The number of hydrogen-bond donors (Lipinski definition) is 1. The maximum atomic E-state index is 12.2. The van der Waals surface area contributed by atoms with Crippen LogP contribution in [0, 0.1) is 17.2 Å². The Labute approximate surface area is 147 Å².